The van der Waals surface area contributed by atoms with Crippen molar-refractivity contribution in [2.24, 2.45) is 0 Å². The summed E-state index contributed by atoms with van der Waals surface area (Å²) in [6.07, 6.45) is 75.0. The molecule has 0 spiro atoms. The molecule has 0 aromatic carbocycles. The first-order chi connectivity index (χ1) is 33.8. The zero-order chi connectivity index (χ0) is 47.2. The molecular weight excluding hydrogens is 853 g/mol. The molecule has 11 rings (SSSR count). The Balaban J connectivity index is 1.44. The van der Waals surface area contributed by atoms with Crippen molar-refractivity contribution in [3.8, 4) is 11.4 Å². The molecule has 9 aliphatic heterocycles. The fourth-order valence-corrected chi connectivity index (χ4v) is 23.9. The third kappa shape index (κ3) is 24.4. The second kappa shape index (κ2) is 38.4. The van der Waals surface area contributed by atoms with Crippen LogP contribution in [0.5, 0.6) is 0 Å². The number of hydrogen-bond donors (Lipinski definition) is 0. The molecular formula is C64H114N2Si2. The molecule has 0 radical (unpaired) electrons. The van der Waals surface area contributed by atoms with E-state index in [1.165, 1.54) is 344 Å². The molecule has 0 saturated heterocycles. The molecule has 2 aromatic heterocycles. The predicted molar refractivity (Wildman–Crippen MR) is 309 cm³/mol. The van der Waals surface area contributed by atoms with Gasteiger partial charge in [0.1, 0.15) is 0 Å². The normalized spacial score (nSPS) is 26.7. The molecule has 11 heterocycles. The van der Waals surface area contributed by atoms with Crippen molar-refractivity contribution in [2.45, 2.75) is 344 Å². The molecule has 4 heteroatoms. The van der Waals surface area contributed by atoms with Gasteiger partial charge in [-0.2, -0.15) is 0 Å². The Bertz CT molecular complexity index is 1230. The van der Waals surface area contributed by atoms with E-state index in [2.05, 4.69) is 36.7 Å². The zero-order valence-electron chi connectivity index (χ0n) is 45.5. The van der Waals surface area contributed by atoms with E-state index in [0.717, 1.165) is 11.4 Å². The molecule has 68 heavy (non-hydrogen) atoms. The van der Waals surface area contributed by atoms with E-state index in [1.54, 1.807) is 10.4 Å². The summed E-state index contributed by atoms with van der Waals surface area (Å²) in [5.41, 5.74) is 2.23. The first-order valence-corrected chi connectivity index (χ1v) is 37.0. The minimum absolute atomic E-state index is 1.12. The molecule has 0 N–H and O–H groups in total. The molecule has 0 saturated carbocycles. The fraction of sp³-hybridized carbons (Fsp3) is 0.844. The van der Waals surface area contributed by atoms with E-state index in [-0.39, 0.29) is 0 Å². The van der Waals surface area contributed by atoms with E-state index in [0.29, 0.717) is 0 Å². The number of rotatable bonds is 0. The van der Waals surface area contributed by atoms with Gasteiger partial charge < -0.3 is 0 Å². The van der Waals surface area contributed by atoms with Crippen LogP contribution in [0.15, 0.2) is 36.7 Å². The minimum Gasteiger partial charge on any atom is -0.255 e. The molecule has 0 fully saturated rings. The standard InChI is InChI=1S/C64H114N2Si2/c1-2-8-14-20-26-32-38-44-54-68-57-47-41-35-29-23-17-11-5-3-9-15-21-27-33-39-45-55-67(53-43-37-31-25-19-13-7-1,61-49-51-63(65-59-61)64-52-50-62(68)60-66-64)56-46-40-34-28-22-16-10-4-6-12-18-24-30-36-42-48-58-68/h49-52,59-60H,1-48,53-58H2. The highest BCUT2D eigenvalue weighted by atomic mass is 28.3. The second-order valence-corrected chi connectivity index (χ2v) is 33.2. The summed E-state index contributed by atoms with van der Waals surface area (Å²) >= 11 is 0. The van der Waals surface area contributed by atoms with Crippen LogP contribution in [0.1, 0.15) is 308 Å². The third-order valence-electron chi connectivity index (χ3n) is 18.2. The molecule has 2 aromatic rings. The average Bonchev–Trinajstić information content (AvgIpc) is 3.36. The van der Waals surface area contributed by atoms with Gasteiger partial charge in [0.2, 0.25) is 0 Å². The number of nitrogens with zero attached hydrogens (tertiary/aromatic N) is 2. The lowest BCUT2D eigenvalue weighted by molar-refractivity contribution is 0.528. The van der Waals surface area contributed by atoms with Crippen LogP contribution in [0.3, 0.4) is 0 Å². The van der Waals surface area contributed by atoms with Crippen LogP contribution in [-0.4, -0.2) is 26.1 Å². The lowest BCUT2D eigenvalue weighted by atomic mass is 10.0. The monoisotopic (exact) mass is 967 g/mol. The minimum atomic E-state index is -1.72. The van der Waals surface area contributed by atoms with E-state index < -0.39 is 16.1 Å². The van der Waals surface area contributed by atoms with Gasteiger partial charge in [0.25, 0.3) is 0 Å². The number of aromatic nitrogens is 2. The summed E-state index contributed by atoms with van der Waals surface area (Å²) in [5.74, 6) is 0. The Kier molecular flexibility index (Phi) is 32.5. The smallest absolute Gasteiger partial charge is 0.0887 e. The van der Waals surface area contributed by atoms with Crippen LogP contribution in [-0.2, 0) is 0 Å². The predicted octanol–water partition coefficient (Wildman–Crippen LogP) is 21.2. The van der Waals surface area contributed by atoms with Gasteiger partial charge in [-0.05, 0) is 22.5 Å². The van der Waals surface area contributed by atoms with Crippen LogP contribution in [0, 0.1) is 0 Å². The van der Waals surface area contributed by atoms with Crippen LogP contribution in [0.25, 0.3) is 11.4 Å². The molecule has 0 unspecified atom stereocenters. The topological polar surface area (TPSA) is 25.8 Å². The highest BCUT2D eigenvalue weighted by Gasteiger charge is 2.35. The quantitative estimate of drug-likeness (QED) is 0.246. The summed E-state index contributed by atoms with van der Waals surface area (Å²) in [6.45, 7) is 0. The summed E-state index contributed by atoms with van der Waals surface area (Å²) in [4.78, 5) is 10.8. The zero-order valence-corrected chi connectivity index (χ0v) is 47.5. The van der Waals surface area contributed by atoms with Crippen molar-refractivity contribution in [3.05, 3.63) is 36.7 Å². The Morgan fingerprint density at radius 3 is 0.471 bits per heavy atom. The van der Waals surface area contributed by atoms with Crippen molar-refractivity contribution < 1.29 is 0 Å². The Hall–Kier alpha value is -1.27. The molecule has 6 bridgehead atoms. The number of pyridine rings is 2. The lowest BCUT2D eigenvalue weighted by Gasteiger charge is -2.33. The molecule has 0 aliphatic carbocycles. The van der Waals surface area contributed by atoms with Gasteiger partial charge in [-0.25, -0.2) is 0 Å². The van der Waals surface area contributed by atoms with Crippen LogP contribution < -0.4 is 10.4 Å². The molecule has 388 valence electrons. The molecule has 2 nitrogen and oxygen atoms in total. The second-order valence-electron chi connectivity index (χ2n) is 23.9. The number of hydrogen-bond acceptors (Lipinski definition) is 2. The first kappa shape index (κ1) is 57.6. The summed E-state index contributed by atoms with van der Waals surface area (Å²) in [6, 6.07) is 19.1. The van der Waals surface area contributed by atoms with Crippen molar-refractivity contribution in [1.29, 1.82) is 0 Å². The summed E-state index contributed by atoms with van der Waals surface area (Å²) in [5, 5.41) is 3.39. The van der Waals surface area contributed by atoms with Gasteiger partial charge in [-0.3, -0.25) is 9.97 Å². The summed E-state index contributed by atoms with van der Waals surface area (Å²) in [7, 11) is -3.45. The molecule has 0 atom stereocenters. The van der Waals surface area contributed by atoms with Crippen molar-refractivity contribution in [1.82, 2.24) is 9.97 Å². The highest BCUT2D eigenvalue weighted by Crippen LogP contribution is 2.33. The van der Waals surface area contributed by atoms with E-state index in [1.807, 2.05) is 0 Å². The Labute approximate surface area is 426 Å². The average molecular weight is 968 g/mol. The van der Waals surface area contributed by atoms with Gasteiger partial charge in [0.05, 0.1) is 27.5 Å². The van der Waals surface area contributed by atoms with Gasteiger partial charge in [0, 0.05) is 12.4 Å². The first-order valence-electron chi connectivity index (χ1n) is 31.7. The fourth-order valence-electron chi connectivity index (χ4n) is 13.5. The van der Waals surface area contributed by atoms with Crippen molar-refractivity contribution in [3.63, 3.8) is 0 Å². The Morgan fingerprint density at radius 1 is 0.191 bits per heavy atom. The van der Waals surface area contributed by atoms with Crippen molar-refractivity contribution in [2.75, 3.05) is 0 Å². The van der Waals surface area contributed by atoms with Gasteiger partial charge in [-0.15, -0.1) is 0 Å². The molecule has 0 amide bonds. The molecule has 9 aliphatic rings. The van der Waals surface area contributed by atoms with Gasteiger partial charge in [0.15, 0.2) is 0 Å². The van der Waals surface area contributed by atoms with E-state index in [4.69, 9.17) is 9.97 Å². The van der Waals surface area contributed by atoms with Crippen LogP contribution in [0.2, 0.25) is 36.3 Å². The SMILES string of the molecule is c1cc2ncc1[Si]13CCCCCCCCCCCCCCCCCC[Si](CCCCCCCCCCCCCCCCCC1)(CCCCCCCCCCCCCCCCCC3)c1ccc-2nc1. The maximum absolute atomic E-state index is 5.42. The highest BCUT2D eigenvalue weighted by molar-refractivity contribution is 6.92. The van der Waals surface area contributed by atoms with E-state index in [9.17, 15) is 0 Å². The Morgan fingerprint density at radius 2 is 0.338 bits per heavy atom. The third-order valence-corrected chi connectivity index (χ3v) is 29.1. The maximum atomic E-state index is 5.42. The van der Waals surface area contributed by atoms with Crippen LogP contribution in [0.4, 0.5) is 0 Å². The van der Waals surface area contributed by atoms with Gasteiger partial charge >= 0.3 is 0 Å². The van der Waals surface area contributed by atoms with Crippen LogP contribution >= 0.6 is 0 Å². The lowest BCUT2D eigenvalue weighted by Crippen LogP contribution is -2.48. The maximum Gasteiger partial charge on any atom is 0.0887 e. The van der Waals surface area contributed by atoms with Gasteiger partial charge in [-0.1, -0.05) is 357 Å². The van der Waals surface area contributed by atoms with Crippen molar-refractivity contribution >= 4 is 26.5 Å². The largest absolute Gasteiger partial charge is 0.255 e. The summed E-state index contributed by atoms with van der Waals surface area (Å²) < 4.78 is 0. The van der Waals surface area contributed by atoms with E-state index >= 15 is 0 Å².